The molecule has 0 radical (unpaired) electrons. The molecule has 0 fully saturated rings. The molecular formula is C8H15ClN2O2S. The largest absolute Gasteiger partial charge is 0.334 e. The standard InChI is InChI=1S/C8H15ClN2O2S/c1-3-6(5-14-2)10-8(13)11-7(12)4-9/h6H,3-5H2,1-2H3,(H2,10,11,12,13). The summed E-state index contributed by atoms with van der Waals surface area (Å²) in [5.74, 6) is 0.148. The number of hydrogen-bond acceptors (Lipinski definition) is 3. The number of halogens is 1. The van der Waals surface area contributed by atoms with Crippen LogP contribution in [-0.4, -0.2) is 35.9 Å². The van der Waals surface area contributed by atoms with Gasteiger partial charge >= 0.3 is 6.03 Å². The van der Waals surface area contributed by atoms with Crippen LogP contribution in [0.4, 0.5) is 4.79 Å². The summed E-state index contributed by atoms with van der Waals surface area (Å²) in [6.45, 7) is 1.98. The topological polar surface area (TPSA) is 58.2 Å². The van der Waals surface area contributed by atoms with Crippen molar-refractivity contribution >= 4 is 35.3 Å². The first-order chi connectivity index (χ1) is 6.63. The van der Waals surface area contributed by atoms with Gasteiger partial charge in [0, 0.05) is 11.8 Å². The highest BCUT2D eigenvalue weighted by Crippen LogP contribution is 2.00. The number of alkyl halides is 1. The third-order valence-corrected chi connectivity index (χ3v) is 2.55. The van der Waals surface area contributed by atoms with Gasteiger partial charge in [0.2, 0.25) is 5.91 Å². The van der Waals surface area contributed by atoms with Crippen LogP contribution in [0.3, 0.4) is 0 Å². The maximum Gasteiger partial charge on any atom is 0.321 e. The number of thioether (sulfide) groups is 1. The SMILES string of the molecule is CCC(CSC)NC(=O)NC(=O)CCl. The molecule has 0 aliphatic carbocycles. The van der Waals surface area contributed by atoms with Gasteiger partial charge in [-0.3, -0.25) is 10.1 Å². The average molecular weight is 239 g/mol. The van der Waals surface area contributed by atoms with Gasteiger partial charge < -0.3 is 5.32 Å². The Morgan fingerprint density at radius 3 is 2.57 bits per heavy atom. The van der Waals surface area contributed by atoms with Crippen molar-refractivity contribution in [1.29, 1.82) is 0 Å². The molecule has 0 saturated carbocycles. The molecule has 0 saturated heterocycles. The molecule has 1 atom stereocenters. The molecule has 6 heteroatoms. The number of carbonyl (C=O) groups is 2. The third-order valence-electron chi connectivity index (χ3n) is 1.57. The van der Waals surface area contributed by atoms with Crippen molar-refractivity contribution in [3.05, 3.63) is 0 Å². The van der Waals surface area contributed by atoms with Gasteiger partial charge in [0.25, 0.3) is 0 Å². The summed E-state index contributed by atoms with van der Waals surface area (Å²) in [6, 6.07) is -0.385. The van der Waals surface area contributed by atoms with E-state index in [-0.39, 0.29) is 11.9 Å². The molecule has 14 heavy (non-hydrogen) atoms. The first kappa shape index (κ1) is 13.6. The fourth-order valence-electron chi connectivity index (χ4n) is 0.844. The Kier molecular flexibility index (Phi) is 7.70. The van der Waals surface area contributed by atoms with Crippen molar-refractivity contribution in [2.75, 3.05) is 17.9 Å². The predicted octanol–water partition coefficient (Wildman–Crippen LogP) is 1.19. The van der Waals surface area contributed by atoms with Crippen LogP contribution >= 0.6 is 23.4 Å². The third kappa shape index (κ3) is 6.10. The van der Waals surface area contributed by atoms with Crippen LogP contribution in [0.15, 0.2) is 0 Å². The molecule has 0 bridgehead atoms. The Balaban J connectivity index is 3.84. The normalized spacial score (nSPS) is 11.9. The van der Waals surface area contributed by atoms with E-state index in [9.17, 15) is 9.59 Å². The summed E-state index contributed by atoms with van der Waals surface area (Å²) >= 11 is 6.88. The zero-order valence-corrected chi connectivity index (χ0v) is 9.87. The number of amides is 3. The van der Waals surface area contributed by atoms with Gasteiger partial charge in [0.05, 0.1) is 0 Å². The molecule has 0 aliphatic heterocycles. The van der Waals surface area contributed by atoms with Gasteiger partial charge in [-0.2, -0.15) is 11.8 Å². The van der Waals surface area contributed by atoms with E-state index in [0.717, 1.165) is 12.2 Å². The molecular weight excluding hydrogens is 224 g/mol. The quantitative estimate of drug-likeness (QED) is 0.708. The van der Waals surface area contributed by atoms with Crippen molar-refractivity contribution in [3.8, 4) is 0 Å². The predicted molar refractivity (Wildman–Crippen MR) is 59.9 cm³/mol. The lowest BCUT2D eigenvalue weighted by atomic mass is 10.3. The Morgan fingerprint density at radius 2 is 2.14 bits per heavy atom. The van der Waals surface area contributed by atoms with Gasteiger partial charge in [-0.1, -0.05) is 6.92 Å². The monoisotopic (exact) mass is 238 g/mol. The van der Waals surface area contributed by atoms with E-state index in [1.165, 1.54) is 0 Å². The fourth-order valence-corrected chi connectivity index (χ4v) is 1.63. The van der Waals surface area contributed by atoms with Gasteiger partial charge in [0.1, 0.15) is 5.88 Å². The lowest BCUT2D eigenvalue weighted by Gasteiger charge is -2.15. The van der Waals surface area contributed by atoms with Crippen LogP contribution in [0.1, 0.15) is 13.3 Å². The van der Waals surface area contributed by atoms with E-state index in [2.05, 4.69) is 10.6 Å². The van der Waals surface area contributed by atoms with Gasteiger partial charge in [-0.15, -0.1) is 11.6 Å². The first-order valence-corrected chi connectivity index (χ1v) is 6.22. The zero-order chi connectivity index (χ0) is 11.0. The summed E-state index contributed by atoms with van der Waals surface area (Å²) < 4.78 is 0. The Labute approximate surface area is 93.1 Å². The number of rotatable bonds is 5. The van der Waals surface area contributed by atoms with E-state index in [0.29, 0.717) is 0 Å². The number of urea groups is 1. The Hall–Kier alpha value is -0.420. The van der Waals surface area contributed by atoms with E-state index in [1.807, 2.05) is 13.2 Å². The molecule has 2 N–H and O–H groups in total. The number of carbonyl (C=O) groups excluding carboxylic acids is 2. The van der Waals surface area contributed by atoms with E-state index < -0.39 is 11.9 Å². The second-order valence-corrected chi connectivity index (χ2v) is 3.89. The van der Waals surface area contributed by atoms with Crippen molar-refractivity contribution in [2.45, 2.75) is 19.4 Å². The minimum Gasteiger partial charge on any atom is -0.334 e. The minimum absolute atomic E-state index is 0.0909. The van der Waals surface area contributed by atoms with Crippen molar-refractivity contribution in [3.63, 3.8) is 0 Å². The summed E-state index contributed by atoms with van der Waals surface area (Å²) in [4.78, 5) is 21.9. The van der Waals surface area contributed by atoms with Gasteiger partial charge in [-0.25, -0.2) is 4.79 Å². The molecule has 0 spiro atoms. The van der Waals surface area contributed by atoms with Crippen LogP contribution < -0.4 is 10.6 Å². The minimum atomic E-state index is -0.483. The maximum atomic E-state index is 11.1. The molecule has 3 amide bonds. The second-order valence-electron chi connectivity index (χ2n) is 2.72. The van der Waals surface area contributed by atoms with Crippen LogP contribution in [0, 0.1) is 0 Å². The van der Waals surface area contributed by atoms with Crippen LogP contribution in [0.25, 0.3) is 0 Å². The number of imide groups is 1. The molecule has 0 aliphatic rings. The van der Waals surface area contributed by atoms with E-state index in [1.54, 1.807) is 11.8 Å². The van der Waals surface area contributed by atoms with E-state index >= 15 is 0 Å². The second kappa shape index (κ2) is 7.94. The van der Waals surface area contributed by atoms with Crippen LogP contribution in [-0.2, 0) is 4.79 Å². The van der Waals surface area contributed by atoms with E-state index in [4.69, 9.17) is 11.6 Å². The first-order valence-electron chi connectivity index (χ1n) is 4.29. The highest BCUT2D eigenvalue weighted by molar-refractivity contribution is 7.98. The van der Waals surface area contributed by atoms with Crippen molar-refractivity contribution < 1.29 is 9.59 Å². The highest BCUT2D eigenvalue weighted by Gasteiger charge is 2.11. The highest BCUT2D eigenvalue weighted by atomic mass is 35.5. The molecule has 0 aromatic rings. The molecule has 1 unspecified atom stereocenters. The smallest absolute Gasteiger partial charge is 0.321 e. The lowest BCUT2D eigenvalue weighted by molar-refractivity contribution is -0.117. The summed E-state index contributed by atoms with van der Waals surface area (Å²) in [5.41, 5.74) is 0. The molecule has 0 rings (SSSR count). The summed E-state index contributed by atoms with van der Waals surface area (Å²) in [7, 11) is 0. The average Bonchev–Trinajstić information content (AvgIpc) is 2.16. The maximum absolute atomic E-state index is 11.1. The molecule has 0 aromatic carbocycles. The zero-order valence-electron chi connectivity index (χ0n) is 8.30. The van der Waals surface area contributed by atoms with Gasteiger partial charge in [0.15, 0.2) is 0 Å². The Bertz CT molecular complexity index is 202. The summed E-state index contributed by atoms with van der Waals surface area (Å²) in [6.07, 6.45) is 2.80. The fraction of sp³-hybridized carbons (Fsp3) is 0.750. The van der Waals surface area contributed by atoms with Gasteiger partial charge in [-0.05, 0) is 12.7 Å². The number of nitrogens with one attached hydrogen (secondary N) is 2. The summed E-state index contributed by atoms with van der Waals surface area (Å²) in [5, 5.41) is 4.81. The van der Waals surface area contributed by atoms with Crippen LogP contribution in [0.2, 0.25) is 0 Å². The lowest BCUT2D eigenvalue weighted by Crippen LogP contribution is -2.45. The molecule has 82 valence electrons. The molecule has 0 aromatic heterocycles. The van der Waals surface area contributed by atoms with Crippen molar-refractivity contribution in [2.24, 2.45) is 0 Å². The van der Waals surface area contributed by atoms with Crippen molar-refractivity contribution in [1.82, 2.24) is 10.6 Å². The molecule has 0 heterocycles. The number of hydrogen-bond donors (Lipinski definition) is 2. The molecule has 4 nitrogen and oxygen atoms in total. The Morgan fingerprint density at radius 1 is 1.50 bits per heavy atom. The van der Waals surface area contributed by atoms with Crippen LogP contribution in [0.5, 0.6) is 0 Å².